The highest BCUT2D eigenvalue weighted by atomic mass is 32.2. The van der Waals surface area contributed by atoms with E-state index in [2.05, 4.69) is 15.0 Å². The lowest BCUT2D eigenvalue weighted by Crippen LogP contribution is -2.29. The van der Waals surface area contributed by atoms with E-state index < -0.39 is 35.1 Å². The number of nitrogens with zero attached hydrogens (tertiary/aromatic N) is 1. The molecule has 140 valence electrons. The summed E-state index contributed by atoms with van der Waals surface area (Å²) in [5, 5.41) is 2.63. The molecule has 8 nitrogen and oxygen atoms in total. The zero-order chi connectivity index (χ0) is 19.3. The first-order valence-corrected chi connectivity index (χ1v) is 9.57. The Hall–Kier alpha value is -3.20. The van der Waals surface area contributed by atoms with Gasteiger partial charge in [-0.15, -0.1) is 0 Å². The van der Waals surface area contributed by atoms with E-state index in [9.17, 15) is 18.0 Å². The predicted molar refractivity (Wildman–Crippen MR) is 97.4 cm³/mol. The van der Waals surface area contributed by atoms with Gasteiger partial charge in [0.1, 0.15) is 12.4 Å². The number of rotatable bonds is 6. The first-order chi connectivity index (χ1) is 13.0. The summed E-state index contributed by atoms with van der Waals surface area (Å²) in [5.74, 6) is -1.09. The smallest absolute Gasteiger partial charge is 0.328 e. The van der Waals surface area contributed by atoms with Gasteiger partial charge >= 0.3 is 5.97 Å². The fraction of sp³-hybridized carbons (Fsp3) is 0.167. The average Bonchev–Trinajstić information content (AvgIpc) is 2.94. The number of carbonyl (C=O) groups excluding carboxylic acids is 2. The van der Waals surface area contributed by atoms with Crippen LogP contribution >= 0.6 is 0 Å². The molecule has 0 aliphatic carbocycles. The number of hydrogen-bond donors (Lipinski definition) is 2. The molecule has 0 radical (unpaired) electrons. The molecule has 27 heavy (non-hydrogen) atoms. The molecule has 1 heterocycles. The molecule has 9 heteroatoms. The maximum Gasteiger partial charge on any atom is 0.328 e. The summed E-state index contributed by atoms with van der Waals surface area (Å²) >= 11 is 0. The molecule has 2 aromatic carbocycles. The molecule has 0 spiro atoms. The van der Waals surface area contributed by atoms with Crippen LogP contribution in [0.5, 0.6) is 0 Å². The number of fused-ring (bicyclic) bond motifs is 1. The third-order valence-electron chi connectivity index (χ3n) is 3.73. The minimum atomic E-state index is -3.66. The van der Waals surface area contributed by atoms with Crippen molar-refractivity contribution in [1.29, 1.82) is 0 Å². The van der Waals surface area contributed by atoms with Crippen LogP contribution < -0.4 is 10.0 Å². The van der Waals surface area contributed by atoms with E-state index in [-0.39, 0.29) is 10.7 Å². The molecule has 0 unspecified atom stereocenters. The zero-order valence-corrected chi connectivity index (χ0v) is 15.0. The van der Waals surface area contributed by atoms with E-state index in [1.807, 2.05) is 30.3 Å². The van der Waals surface area contributed by atoms with Gasteiger partial charge in [-0.2, -0.15) is 0 Å². The maximum absolute atomic E-state index is 12.0. The Bertz CT molecular complexity index is 987. The molecule has 1 aliphatic heterocycles. The van der Waals surface area contributed by atoms with Crippen molar-refractivity contribution in [1.82, 2.24) is 10.0 Å². The largest absolute Gasteiger partial charge is 0.454 e. The summed E-state index contributed by atoms with van der Waals surface area (Å²) in [7, 11) is -3.66. The van der Waals surface area contributed by atoms with Gasteiger partial charge in [0.15, 0.2) is 6.61 Å². The van der Waals surface area contributed by atoms with Gasteiger partial charge in [-0.1, -0.05) is 42.5 Å². The number of hydrogen-bond acceptors (Lipinski definition) is 6. The average molecular weight is 387 g/mol. The summed E-state index contributed by atoms with van der Waals surface area (Å²) < 4.78 is 31.0. The Balaban J connectivity index is 1.49. The number of esters is 1. The molecule has 3 rings (SSSR count). The quantitative estimate of drug-likeness (QED) is 0.704. The van der Waals surface area contributed by atoms with E-state index in [1.54, 1.807) is 18.2 Å². The van der Waals surface area contributed by atoms with E-state index in [1.165, 1.54) is 6.07 Å². The van der Waals surface area contributed by atoms with Gasteiger partial charge in [-0.25, -0.2) is 8.42 Å². The predicted octanol–water partition coefficient (Wildman–Crippen LogP) is 0.585. The molecule has 0 fully saturated rings. The minimum absolute atomic E-state index is 0.0797. The maximum atomic E-state index is 12.0. The van der Waals surface area contributed by atoms with Crippen LogP contribution in [-0.2, 0) is 30.9 Å². The molecule has 0 saturated heterocycles. The second kappa shape index (κ2) is 8.00. The van der Waals surface area contributed by atoms with Crippen molar-refractivity contribution in [2.75, 3.05) is 13.2 Å². The van der Waals surface area contributed by atoms with Crippen LogP contribution in [0.15, 0.2) is 64.5 Å². The monoisotopic (exact) mass is 387 g/mol. The summed E-state index contributed by atoms with van der Waals surface area (Å²) in [6.07, 6.45) is 0. The van der Waals surface area contributed by atoms with Crippen LogP contribution in [0.25, 0.3) is 0 Å². The molecule has 1 amide bonds. The van der Waals surface area contributed by atoms with Crippen LogP contribution in [0, 0.1) is 0 Å². The number of sulfonamides is 1. The topological polar surface area (TPSA) is 114 Å². The zero-order valence-electron chi connectivity index (χ0n) is 14.2. The normalized spacial score (nSPS) is 15.6. The van der Waals surface area contributed by atoms with Crippen molar-refractivity contribution in [3.05, 3.63) is 65.7 Å². The fourth-order valence-corrected chi connectivity index (χ4v) is 3.69. The van der Waals surface area contributed by atoms with Crippen molar-refractivity contribution in [2.24, 2.45) is 4.99 Å². The van der Waals surface area contributed by atoms with Crippen molar-refractivity contribution in [3.63, 3.8) is 0 Å². The molecule has 0 aromatic heterocycles. The third-order valence-corrected chi connectivity index (χ3v) is 5.12. The van der Waals surface area contributed by atoms with Gasteiger partial charge in [0.2, 0.25) is 0 Å². The Morgan fingerprint density at radius 2 is 1.74 bits per heavy atom. The SMILES string of the molecule is O=C(COC(=O)CN=C1NS(=O)(=O)c2ccccc21)NCc1ccccc1. The van der Waals surface area contributed by atoms with Crippen LogP contribution in [-0.4, -0.2) is 39.3 Å². The highest BCUT2D eigenvalue weighted by Gasteiger charge is 2.30. The summed E-state index contributed by atoms with van der Waals surface area (Å²) in [5.41, 5.74) is 1.32. The molecule has 0 saturated carbocycles. The Labute approximate surface area is 156 Å². The highest BCUT2D eigenvalue weighted by molar-refractivity contribution is 7.90. The lowest BCUT2D eigenvalue weighted by Gasteiger charge is -2.06. The Kier molecular flexibility index (Phi) is 5.51. The highest BCUT2D eigenvalue weighted by Crippen LogP contribution is 2.21. The Morgan fingerprint density at radius 1 is 1.04 bits per heavy atom. The first-order valence-electron chi connectivity index (χ1n) is 8.08. The summed E-state index contributed by atoms with van der Waals surface area (Å²) in [4.78, 5) is 27.5. The van der Waals surface area contributed by atoms with Crippen molar-refractivity contribution in [3.8, 4) is 0 Å². The molecular weight excluding hydrogens is 370 g/mol. The molecule has 0 bridgehead atoms. The number of amides is 1. The van der Waals surface area contributed by atoms with Gasteiger partial charge in [-0.3, -0.25) is 19.3 Å². The fourth-order valence-electron chi connectivity index (χ4n) is 2.43. The second-order valence-corrected chi connectivity index (χ2v) is 7.34. The number of aliphatic imine (C=N–C) groups is 1. The molecule has 2 N–H and O–H groups in total. The standard InChI is InChI=1S/C18H17N3O5S/c22-16(19-10-13-6-2-1-3-7-13)12-26-17(23)11-20-18-14-8-4-5-9-15(14)27(24,25)21-18/h1-9H,10-12H2,(H,19,22)(H,20,21). The van der Waals surface area contributed by atoms with Crippen molar-refractivity contribution < 1.29 is 22.7 Å². The summed E-state index contributed by atoms with van der Waals surface area (Å²) in [6.45, 7) is -0.505. The summed E-state index contributed by atoms with van der Waals surface area (Å²) in [6, 6.07) is 15.6. The number of nitrogens with one attached hydrogen (secondary N) is 2. The van der Waals surface area contributed by atoms with Gasteiger partial charge in [-0.05, 0) is 17.7 Å². The van der Waals surface area contributed by atoms with Crippen molar-refractivity contribution >= 4 is 27.7 Å². The molecular formula is C18H17N3O5S. The molecule has 1 aliphatic rings. The van der Waals surface area contributed by atoms with Crippen LogP contribution in [0.3, 0.4) is 0 Å². The van der Waals surface area contributed by atoms with E-state index in [0.29, 0.717) is 12.1 Å². The van der Waals surface area contributed by atoms with Crippen LogP contribution in [0.1, 0.15) is 11.1 Å². The second-order valence-electron chi connectivity index (χ2n) is 5.69. The molecule has 0 atom stereocenters. The lowest BCUT2D eigenvalue weighted by atomic mass is 10.2. The Morgan fingerprint density at radius 3 is 2.52 bits per heavy atom. The van der Waals surface area contributed by atoms with Gasteiger partial charge < -0.3 is 10.1 Å². The van der Waals surface area contributed by atoms with Crippen LogP contribution in [0.4, 0.5) is 0 Å². The van der Waals surface area contributed by atoms with E-state index in [4.69, 9.17) is 4.74 Å². The number of ether oxygens (including phenoxy) is 1. The number of benzene rings is 2. The first kappa shape index (κ1) is 18.6. The van der Waals surface area contributed by atoms with Gasteiger partial charge in [0.05, 0.1) is 4.90 Å². The van der Waals surface area contributed by atoms with Gasteiger partial charge in [0.25, 0.3) is 15.9 Å². The van der Waals surface area contributed by atoms with Crippen LogP contribution in [0.2, 0.25) is 0 Å². The third kappa shape index (κ3) is 4.70. The number of amidine groups is 1. The van der Waals surface area contributed by atoms with Gasteiger partial charge in [0, 0.05) is 12.1 Å². The minimum Gasteiger partial charge on any atom is -0.454 e. The number of carbonyl (C=O) groups is 2. The lowest BCUT2D eigenvalue weighted by molar-refractivity contribution is -0.147. The van der Waals surface area contributed by atoms with Crippen molar-refractivity contribution in [2.45, 2.75) is 11.4 Å². The van der Waals surface area contributed by atoms with E-state index >= 15 is 0 Å². The van der Waals surface area contributed by atoms with E-state index in [0.717, 1.165) is 5.56 Å². The molecule has 2 aromatic rings.